The van der Waals surface area contributed by atoms with E-state index in [4.69, 9.17) is 16.3 Å². The number of rotatable bonds is 21. The zero-order chi connectivity index (χ0) is 50.5. The van der Waals surface area contributed by atoms with Crippen LogP contribution in [0.1, 0.15) is 52.5 Å². The van der Waals surface area contributed by atoms with Gasteiger partial charge < -0.3 is 46.9 Å². The normalized spacial score (nSPS) is 14.7. The summed E-state index contributed by atoms with van der Waals surface area (Å²) in [7, 11) is 9.15. The Morgan fingerprint density at radius 3 is 2.19 bits per heavy atom. The molecule has 3 aromatic carbocycles. The Morgan fingerprint density at radius 1 is 0.926 bits per heavy atom. The molecule has 2 aliphatic heterocycles. The first kappa shape index (κ1) is 59.8. The summed E-state index contributed by atoms with van der Waals surface area (Å²) in [4.78, 5) is 80.5. The van der Waals surface area contributed by atoms with Crippen LogP contribution < -0.4 is 42.5 Å². The number of aldehydes is 2. The topological polar surface area (TPSA) is 244 Å². The van der Waals surface area contributed by atoms with Gasteiger partial charge in [0.2, 0.25) is 24.6 Å². The Labute approximate surface area is 406 Å². The minimum atomic E-state index is -0.417. The third-order valence-corrected chi connectivity index (χ3v) is 10.0. The van der Waals surface area contributed by atoms with E-state index in [-0.39, 0.29) is 11.8 Å². The lowest BCUT2D eigenvalue weighted by Crippen LogP contribution is -2.51. The Kier molecular flexibility index (Phi) is 32.4. The fourth-order valence-electron chi connectivity index (χ4n) is 6.33. The number of hydrogen-bond acceptors (Lipinski definition) is 15. The van der Waals surface area contributed by atoms with E-state index in [1.807, 2.05) is 39.2 Å². The Balaban J connectivity index is 0.000000523. The molecule has 19 nitrogen and oxygen atoms in total. The molecule has 2 fully saturated rings. The van der Waals surface area contributed by atoms with Crippen LogP contribution in [-0.4, -0.2) is 160 Å². The van der Waals surface area contributed by atoms with Crippen molar-refractivity contribution in [1.29, 1.82) is 0 Å². The van der Waals surface area contributed by atoms with Crippen molar-refractivity contribution in [2.75, 3.05) is 110 Å². The molecule has 0 aliphatic carbocycles. The van der Waals surface area contributed by atoms with Crippen LogP contribution >= 0.6 is 11.6 Å². The van der Waals surface area contributed by atoms with Crippen molar-refractivity contribution < 1.29 is 33.5 Å². The van der Waals surface area contributed by atoms with Crippen molar-refractivity contribution in [3.63, 3.8) is 0 Å². The van der Waals surface area contributed by atoms with E-state index in [0.29, 0.717) is 64.7 Å². The van der Waals surface area contributed by atoms with Crippen molar-refractivity contribution >= 4 is 84.1 Å². The maximum Gasteiger partial charge on any atom is 0.243 e. The number of piperidine rings is 1. The van der Waals surface area contributed by atoms with Crippen LogP contribution in [0.25, 0.3) is 0 Å². The van der Waals surface area contributed by atoms with Gasteiger partial charge in [-0.1, -0.05) is 23.7 Å². The number of nitrogens with one attached hydrogen (secondary N) is 6. The largest absolute Gasteiger partial charge is 0.380 e. The standard InChI is InChI=1S/C22H24ClN5O.C15H17N3O4.C8H18N2O2.C2H7N.CH5N/c1-24-15-20(23)22(26-21-6-4-3-5-17(21)16-29)25-18-7-9-19(10-8-18)28-13-11-27(2)12-14-28;1-18(13-4-5-14(21)17-15(13)22)7-11-6-12(16-9-20)3-2-10(11)8-19;1-2-12-7-6-9-4-3-5-10-8-11;1-3-2;1-2/h3-10,15-16H,1,11-14H2,2H3,(H,25,26);2-3,6,8-9,13H,4-5,7H2,1H3,(H,16,20)(H,17,21,22);8-9H,2-7H2,1H3,(H,10,11);3H,1-2H3;2H2,1H3/b20-15+;;;;. The predicted octanol–water partition coefficient (Wildman–Crippen LogP) is 3.64. The number of likely N-dealkylation sites (N-methyl/N-ethyl adjacent to an activating group) is 2. The highest BCUT2D eigenvalue weighted by Crippen LogP contribution is 2.24. The summed E-state index contributed by atoms with van der Waals surface area (Å²) in [6, 6.07) is 19.7. The predicted molar refractivity (Wildman–Crippen MR) is 274 cm³/mol. The molecule has 1 atom stereocenters. The highest BCUT2D eigenvalue weighted by molar-refractivity contribution is 6.45. The number of piperazine rings is 1. The molecule has 5 rings (SSSR count). The number of benzene rings is 3. The van der Waals surface area contributed by atoms with Crippen LogP contribution in [0.3, 0.4) is 0 Å². The van der Waals surface area contributed by atoms with Gasteiger partial charge in [-0.3, -0.25) is 44.0 Å². The third-order valence-electron chi connectivity index (χ3n) is 9.77. The number of halogens is 1. The zero-order valence-electron chi connectivity index (χ0n) is 40.3. The van der Waals surface area contributed by atoms with Crippen LogP contribution in [0.5, 0.6) is 0 Å². The van der Waals surface area contributed by atoms with Crippen LogP contribution in [0, 0.1) is 0 Å². The van der Waals surface area contributed by atoms with Gasteiger partial charge in [0.1, 0.15) is 11.3 Å². The van der Waals surface area contributed by atoms with E-state index in [1.165, 1.54) is 18.9 Å². The summed E-state index contributed by atoms with van der Waals surface area (Å²) in [6.07, 6.45) is 5.91. The van der Waals surface area contributed by atoms with Gasteiger partial charge in [0.25, 0.3) is 0 Å². The first-order valence-corrected chi connectivity index (χ1v) is 22.6. The lowest BCUT2D eigenvalue weighted by Gasteiger charge is -2.34. The summed E-state index contributed by atoms with van der Waals surface area (Å²) < 4.78 is 5.13. The molecule has 68 heavy (non-hydrogen) atoms. The molecule has 2 saturated heterocycles. The fraction of sp³-hybridized carbons (Fsp3) is 0.417. The van der Waals surface area contributed by atoms with Crippen molar-refractivity contribution in [1.82, 2.24) is 31.1 Å². The van der Waals surface area contributed by atoms with Crippen molar-refractivity contribution in [2.24, 2.45) is 15.7 Å². The number of anilines is 3. The van der Waals surface area contributed by atoms with E-state index < -0.39 is 6.04 Å². The lowest BCUT2D eigenvalue weighted by atomic mass is 10.0. The number of imide groups is 1. The smallest absolute Gasteiger partial charge is 0.243 e. The molecule has 3 aromatic rings. The molecule has 0 radical (unpaired) electrons. The number of aliphatic imine (C=N–C) groups is 2. The minimum absolute atomic E-state index is 0.264. The van der Waals surface area contributed by atoms with Crippen molar-refractivity contribution in [2.45, 2.75) is 38.8 Å². The van der Waals surface area contributed by atoms with Crippen LogP contribution in [0.2, 0.25) is 0 Å². The average molecular weight is 964 g/mol. The summed E-state index contributed by atoms with van der Waals surface area (Å²) >= 11 is 6.34. The molecule has 0 saturated carbocycles. The number of ether oxygens (including phenoxy) is 1. The molecule has 0 bridgehead atoms. The van der Waals surface area contributed by atoms with E-state index in [0.717, 1.165) is 90.1 Å². The van der Waals surface area contributed by atoms with Crippen LogP contribution in [0.15, 0.2) is 87.9 Å². The monoisotopic (exact) mass is 963 g/mol. The molecule has 20 heteroatoms. The second kappa shape index (κ2) is 36.9. The lowest BCUT2D eigenvalue weighted by molar-refractivity contribution is -0.137. The second-order valence-electron chi connectivity index (χ2n) is 14.8. The summed E-state index contributed by atoms with van der Waals surface area (Å²) in [5.41, 5.74) is 9.29. The first-order valence-electron chi connectivity index (χ1n) is 22.2. The quantitative estimate of drug-likeness (QED) is 0.0265. The van der Waals surface area contributed by atoms with Crippen molar-refractivity contribution in [3.8, 4) is 0 Å². The fourth-order valence-corrected chi connectivity index (χ4v) is 6.49. The van der Waals surface area contributed by atoms with Crippen LogP contribution in [0.4, 0.5) is 22.7 Å². The number of carbonyl (C=O) groups is 6. The Morgan fingerprint density at radius 2 is 1.59 bits per heavy atom. The molecule has 4 amide bonds. The molecule has 8 N–H and O–H groups in total. The highest BCUT2D eigenvalue weighted by atomic mass is 35.5. The van der Waals surface area contributed by atoms with Gasteiger partial charge in [-0.15, -0.1) is 0 Å². The molecular weight excluding hydrogens is 892 g/mol. The third kappa shape index (κ3) is 23.5. The van der Waals surface area contributed by atoms with E-state index >= 15 is 0 Å². The maximum absolute atomic E-state index is 11.9. The first-order chi connectivity index (χ1) is 33.0. The van der Waals surface area contributed by atoms with Gasteiger partial charge in [-0.25, -0.2) is 4.99 Å². The molecule has 2 heterocycles. The highest BCUT2D eigenvalue weighted by Gasteiger charge is 2.30. The van der Waals surface area contributed by atoms with Crippen LogP contribution in [-0.2, 0) is 30.5 Å². The average Bonchev–Trinajstić information content (AvgIpc) is 3.34. The zero-order valence-corrected chi connectivity index (χ0v) is 41.0. The summed E-state index contributed by atoms with van der Waals surface area (Å²) in [6.45, 7) is 14.0. The van der Waals surface area contributed by atoms with E-state index in [1.54, 1.807) is 48.3 Å². The SMILES string of the molecule is C=N/C=C(/Cl)C(=Nc1ccccc1C=O)Nc1ccc(N2CCN(C)CC2)cc1.CCOCCNCCCNC=O.CN.CN(Cc1cc(NC=O)ccc1C=O)C1CCC(=O)NC1=O.CNC. The molecule has 0 aromatic heterocycles. The number of hydrogen-bond donors (Lipinski definition) is 7. The molecule has 2 aliphatic rings. The molecule has 0 spiro atoms. The van der Waals surface area contributed by atoms with Gasteiger partial charge in [-0.2, -0.15) is 0 Å². The van der Waals surface area contributed by atoms with E-state index in [9.17, 15) is 28.8 Å². The number of amidine groups is 1. The summed E-state index contributed by atoms with van der Waals surface area (Å²) in [5.74, 6) is -0.199. The van der Waals surface area contributed by atoms with Gasteiger partial charge >= 0.3 is 0 Å². The molecular formula is C48H71ClN12O7. The Bertz CT molecular complexity index is 2030. The maximum atomic E-state index is 11.9. The molecule has 372 valence electrons. The summed E-state index contributed by atoms with van der Waals surface area (Å²) in [5, 5.41) is 16.9. The van der Waals surface area contributed by atoms with Gasteiger partial charge in [0, 0.05) is 93.2 Å². The minimum Gasteiger partial charge on any atom is -0.380 e. The number of carbonyl (C=O) groups excluding carboxylic acids is 6. The van der Waals surface area contributed by atoms with Crippen molar-refractivity contribution in [3.05, 3.63) is 94.7 Å². The van der Waals surface area contributed by atoms with Gasteiger partial charge in [0.15, 0.2) is 12.1 Å². The number of para-hydroxylation sites is 1. The van der Waals surface area contributed by atoms with Gasteiger partial charge in [-0.05, 0) is 128 Å². The van der Waals surface area contributed by atoms with Gasteiger partial charge in [0.05, 0.1) is 18.3 Å². The second-order valence-corrected chi connectivity index (χ2v) is 15.2. The number of amides is 4. The number of nitrogens with zero attached hydrogens (tertiary/aromatic N) is 5. The Hall–Kier alpha value is -6.19. The van der Waals surface area contributed by atoms with E-state index in [2.05, 4.69) is 83.3 Å². The molecule has 1 unspecified atom stereocenters. The number of nitrogens with two attached hydrogens (primary N) is 1.